The SMILES string of the molecule is C.C.C.C.C.CC[N+](C)(C)C.CC[n+]1ccccc1. The van der Waals surface area contributed by atoms with Crippen LogP contribution in [0.3, 0.4) is 0 Å². The van der Waals surface area contributed by atoms with Gasteiger partial charge in [0.1, 0.15) is 6.54 Å². The van der Waals surface area contributed by atoms with Crippen molar-refractivity contribution in [3.05, 3.63) is 30.6 Å². The summed E-state index contributed by atoms with van der Waals surface area (Å²) in [4.78, 5) is 0. The Kier molecular flexibility index (Phi) is 37.0. The Balaban J connectivity index is -0.0000000361. The monoisotopic (exact) mass is 276 g/mol. The topological polar surface area (TPSA) is 3.88 Å². The summed E-state index contributed by atoms with van der Waals surface area (Å²) in [5, 5.41) is 0. The number of rotatable bonds is 2. The molecule has 120 valence electrons. The molecule has 0 aromatic carbocycles. The van der Waals surface area contributed by atoms with Crippen molar-refractivity contribution in [3.63, 3.8) is 0 Å². The molecule has 0 fully saturated rings. The molecule has 1 aromatic heterocycles. The molecule has 0 saturated heterocycles. The van der Waals surface area contributed by atoms with E-state index in [2.05, 4.69) is 52.0 Å². The molecule has 0 bridgehead atoms. The Morgan fingerprint density at radius 1 is 0.737 bits per heavy atom. The van der Waals surface area contributed by atoms with Crippen LogP contribution in [-0.4, -0.2) is 32.2 Å². The minimum absolute atomic E-state index is 0. The zero-order valence-corrected chi connectivity index (χ0v) is 10.2. The van der Waals surface area contributed by atoms with E-state index in [1.165, 1.54) is 6.54 Å². The molecule has 0 unspecified atom stereocenters. The molecule has 1 heterocycles. The van der Waals surface area contributed by atoms with Crippen LogP contribution in [0.5, 0.6) is 0 Å². The zero-order chi connectivity index (χ0) is 11.0. The third-order valence-corrected chi connectivity index (χ3v) is 2.09. The number of hydrogen-bond donors (Lipinski definition) is 0. The summed E-state index contributed by atoms with van der Waals surface area (Å²) in [6.07, 6.45) is 4.11. The third kappa shape index (κ3) is 26.6. The molecule has 0 aliphatic rings. The number of quaternary nitrogens is 1. The minimum atomic E-state index is 0. The van der Waals surface area contributed by atoms with E-state index in [9.17, 15) is 0 Å². The second-order valence-electron chi connectivity index (χ2n) is 4.31. The molecule has 0 N–H and O–H groups in total. The van der Waals surface area contributed by atoms with Gasteiger partial charge in [0.25, 0.3) is 0 Å². The van der Waals surface area contributed by atoms with Crippen molar-refractivity contribution in [2.45, 2.75) is 57.5 Å². The quantitative estimate of drug-likeness (QED) is 0.535. The van der Waals surface area contributed by atoms with Gasteiger partial charge in [-0.3, -0.25) is 0 Å². The number of hydrogen-bond acceptors (Lipinski definition) is 0. The van der Waals surface area contributed by atoms with Gasteiger partial charge in [-0.25, -0.2) is 4.57 Å². The van der Waals surface area contributed by atoms with E-state index in [0.29, 0.717) is 0 Å². The van der Waals surface area contributed by atoms with Gasteiger partial charge in [-0.2, -0.15) is 0 Å². The standard InChI is InChI=1S/C7H10N.C5H14N.5CH4/c1-2-8-6-4-3-5-7-8;1-5-6(2,3)4;;;;;/h3-7H,2H2,1H3;5H2,1-4H3;5*1H4/q2*+1;;;;;. The fourth-order valence-corrected chi connectivity index (χ4v) is 0.645. The molecule has 0 saturated carbocycles. The van der Waals surface area contributed by atoms with Crippen molar-refractivity contribution >= 4 is 0 Å². The molecule has 19 heavy (non-hydrogen) atoms. The minimum Gasteiger partial charge on any atom is -0.331 e. The Bertz CT molecular complexity index is 225. The summed E-state index contributed by atoms with van der Waals surface area (Å²) in [5.41, 5.74) is 0. The first-order chi connectivity index (χ1) is 6.49. The predicted molar refractivity (Wildman–Crippen MR) is 94.5 cm³/mol. The molecule has 1 aromatic rings. The molecular formula is C17H44N2+2. The molecule has 2 heteroatoms. The summed E-state index contributed by atoms with van der Waals surface area (Å²) < 4.78 is 3.19. The van der Waals surface area contributed by atoms with Crippen LogP contribution in [0.2, 0.25) is 0 Å². The Labute approximate surface area is 125 Å². The summed E-state index contributed by atoms with van der Waals surface area (Å²) in [6.45, 7) is 6.57. The number of aromatic nitrogens is 1. The van der Waals surface area contributed by atoms with Crippen molar-refractivity contribution in [2.75, 3.05) is 27.7 Å². The lowest BCUT2D eigenvalue weighted by Gasteiger charge is -2.20. The van der Waals surface area contributed by atoms with Gasteiger partial charge in [0.2, 0.25) is 0 Å². The Morgan fingerprint density at radius 2 is 1.05 bits per heavy atom. The molecule has 0 spiro atoms. The van der Waals surface area contributed by atoms with Crippen molar-refractivity contribution in [1.82, 2.24) is 0 Å². The summed E-state index contributed by atoms with van der Waals surface area (Å²) in [5.74, 6) is 0. The fourth-order valence-electron chi connectivity index (χ4n) is 0.645. The lowest BCUT2D eigenvalue weighted by molar-refractivity contribution is -0.868. The van der Waals surface area contributed by atoms with Crippen LogP contribution >= 0.6 is 0 Å². The summed E-state index contributed by atoms with van der Waals surface area (Å²) >= 11 is 0. The lowest BCUT2D eigenvalue weighted by Crippen LogP contribution is -2.33. The van der Waals surface area contributed by atoms with Crippen LogP contribution < -0.4 is 4.57 Å². The first-order valence-electron chi connectivity index (χ1n) is 5.24. The Morgan fingerprint density at radius 3 is 1.21 bits per heavy atom. The molecule has 0 atom stereocenters. The lowest BCUT2D eigenvalue weighted by atomic mass is 10.5. The molecule has 0 radical (unpaired) electrons. The predicted octanol–water partition coefficient (Wildman–Crippen LogP) is 4.89. The van der Waals surface area contributed by atoms with Gasteiger partial charge in [-0.05, 0) is 13.8 Å². The number of aryl methyl sites for hydroxylation is 1. The van der Waals surface area contributed by atoms with Crippen LogP contribution in [0.1, 0.15) is 51.0 Å². The van der Waals surface area contributed by atoms with Gasteiger partial charge in [-0.15, -0.1) is 0 Å². The van der Waals surface area contributed by atoms with Gasteiger partial charge in [0, 0.05) is 12.1 Å². The van der Waals surface area contributed by atoms with Crippen molar-refractivity contribution in [2.24, 2.45) is 0 Å². The average molecular weight is 277 g/mol. The van der Waals surface area contributed by atoms with E-state index >= 15 is 0 Å². The van der Waals surface area contributed by atoms with E-state index in [-0.39, 0.29) is 37.1 Å². The maximum atomic E-state index is 2.18. The number of pyridine rings is 1. The van der Waals surface area contributed by atoms with Crippen LogP contribution in [-0.2, 0) is 6.54 Å². The Hall–Kier alpha value is -0.890. The van der Waals surface area contributed by atoms with Gasteiger partial charge < -0.3 is 4.48 Å². The van der Waals surface area contributed by atoms with E-state index in [1.807, 2.05) is 18.2 Å². The van der Waals surface area contributed by atoms with Crippen molar-refractivity contribution in [3.8, 4) is 0 Å². The molecule has 1 rings (SSSR count). The largest absolute Gasteiger partial charge is 0.331 e. The van der Waals surface area contributed by atoms with Crippen LogP contribution in [0.25, 0.3) is 0 Å². The van der Waals surface area contributed by atoms with Crippen molar-refractivity contribution in [1.29, 1.82) is 0 Å². The maximum absolute atomic E-state index is 2.18. The second kappa shape index (κ2) is 19.4. The maximum Gasteiger partial charge on any atom is 0.168 e. The van der Waals surface area contributed by atoms with E-state index in [1.54, 1.807) is 0 Å². The van der Waals surface area contributed by atoms with Gasteiger partial charge in [-0.1, -0.05) is 43.2 Å². The molecule has 0 amide bonds. The highest BCUT2D eigenvalue weighted by Crippen LogP contribution is 1.83. The van der Waals surface area contributed by atoms with Crippen LogP contribution in [0.15, 0.2) is 30.6 Å². The second-order valence-corrected chi connectivity index (χ2v) is 4.31. The normalized spacial score (nSPS) is 7.63. The molecular weight excluding hydrogens is 232 g/mol. The van der Waals surface area contributed by atoms with E-state index in [4.69, 9.17) is 0 Å². The van der Waals surface area contributed by atoms with Crippen LogP contribution in [0.4, 0.5) is 0 Å². The number of nitrogens with zero attached hydrogens (tertiary/aromatic N) is 2. The molecule has 0 aliphatic carbocycles. The highest BCUT2D eigenvalue weighted by atomic mass is 15.3. The highest BCUT2D eigenvalue weighted by Gasteiger charge is 1.97. The first kappa shape index (κ1) is 36.2. The fraction of sp³-hybridized carbons (Fsp3) is 0.706. The van der Waals surface area contributed by atoms with E-state index < -0.39 is 0 Å². The van der Waals surface area contributed by atoms with Crippen molar-refractivity contribution < 1.29 is 9.05 Å². The third-order valence-electron chi connectivity index (χ3n) is 2.09. The first-order valence-corrected chi connectivity index (χ1v) is 5.24. The summed E-state index contributed by atoms with van der Waals surface area (Å²) in [7, 11) is 6.54. The highest BCUT2D eigenvalue weighted by molar-refractivity contribution is 4.83. The molecule has 0 aliphatic heterocycles. The van der Waals surface area contributed by atoms with Crippen LogP contribution in [0, 0.1) is 0 Å². The van der Waals surface area contributed by atoms with Gasteiger partial charge in [0.15, 0.2) is 12.4 Å². The zero-order valence-electron chi connectivity index (χ0n) is 10.2. The smallest absolute Gasteiger partial charge is 0.168 e. The summed E-state index contributed by atoms with van der Waals surface area (Å²) in [6, 6.07) is 6.08. The van der Waals surface area contributed by atoms with E-state index in [0.717, 1.165) is 11.0 Å². The average Bonchev–Trinajstić information content (AvgIpc) is 2.19. The van der Waals surface area contributed by atoms with Gasteiger partial charge >= 0.3 is 0 Å². The molecule has 2 nitrogen and oxygen atoms in total. The van der Waals surface area contributed by atoms with Gasteiger partial charge in [0.05, 0.1) is 27.7 Å².